The van der Waals surface area contributed by atoms with Crippen LogP contribution in [-0.4, -0.2) is 0 Å². The third-order valence-corrected chi connectivity index (χ3v) is 3.55. The molecule has 2 nitrogen and oxygen atoms in total. The van der Waals surface area contributed by atoms with E-state index in [4.69, 9.17) is 9.68 Å². The van der Waals surface area contributed by atoms with Crippen molar-refractivity contribution in [2.24, 2.45) is 0 Å². The number of benzene rings is 1. The molecule has 0 saturated carbocycles. The van der Waals surface area contributed by atoms with Crippen LogP contribution in [0.4, 0.5) is 4.39 Å². The molecule has 1 aromatic carbocycles. The molecule has 0 radical (unpaired) electrons. The van der Waals surface area contributed by atoms with Gasteiger partial charge < -0.3 is 4.42 Å². The molecule has 1 aromatic heterocycles. The topological polar surface area (TPSA) is 36.9 Å². The van der Waals surface area contributed by atoms with Gasteiger partial charge in [-0.15, -0.1) is 0 Å². The molecule has 2 rings (SSSR count). The number of furan rings is 1. The quantitative estimate of drug-likeness (QED) is 0.638. The molecule has 0 saturated heterocycles. The van der Waals surface area contributed by atoms with Crippen LogP contribution in [0.3, 0.4) is 0 Å². The lowest BCUT2D eigenvalue weighted by Gasteiger charge is -1.98. The second-order valence-electron chi connectivity index (χ2n) is 5.21. The number of fused-ring (bicyclic) bond motifs is 1. The SMILES string of the molecule is CCCCCCCCc1cc2cc(C#N)c(F)cc2o1. The van der Waals surface area contributed by atoms with Crippen LogP contribution >= 0.6 is 0 Å². The van der Waals surface area contributed by atoms with E-state index in [9.17, 15) is 4.39 Å². The van der Waals surface area contributed by atoms with Gasteiger partial charge in [-0.2, -0.15) is 5.26 Å². The Morgan fingerprint density at radius 2 is 1.85 bits per heavy atom. The van der Waals surface area contributed by atoms with Gasteiger partial charge in [-0.3, -0.25) is 0 Å². The van der Waals surface area contributed by atoms with E-state index < -0.39 is 5.82 Å². The molecular weight excluding hydrogens is 253 g/mol. The van der Waals surface area contributed by atoms with Gasteiger partial charge in [-0.25, -0.2) is 4.39 Å². The number of hydrogen-bond acceptors (Lipinski definition) is 2. The van der Waals surface area contributed by atoms with Crippen molar-refractivity contribution in [3.63, 3.8) is 0 Å². The molecule has 0 bridgehead atoms. The van der Waals surface area contributed by atoms with E-state index >= 15 is 0 Å². The lowest BCUT2D eigenvalue weighted by atomic mass is 10.1. The molecule has 1 heterocycles. The van der Waals surface area contributed by atoms with Crippen molar-refractivity contribution in [1.29, 1.82) is 5.26 Å². The molecular formula is C17H20FNO. The standard InChI is InChI=1S/C17H20FNO/c1-2-3-4-5-6-7-8-15-10-13-9-14(12-19)16(18)11-17(13)20-15/h9-11H,2-8H2,1H3. The maximum Gasteiger partial charge on any atom is 0.144 e. The molecule has 106 valence electrons. The minimum atomic E-state index is -0.513. The third-order valence-electron chi connectivity index (χ3n) is 3.55. The Morgan fingerprint density at radius 3 is 2.60 bits per heavy atom. The van der Waals surface area contributed by atoms with Gasteiger partial charge in [0, 0.05) is 17.9 Å². The average Bonchev–Trinajstić information content (AvgIpc) is 2.83. The van der Waals surface area contributed by atoms with E-state index in [1.165, 1.54) is 38.2 Å². The summed E-state index contributed by atoms with van der Waals surface area (Å²) < 4.78 is 19.1. The summed E-state index contributed by atoms with van der Waals surface area (Å²) in [4.78, 5) is 0. The zero-order valence-corrected chi connectivity index (χ0v) is 11.9. The Labute approximate surface area is 119 Å². The summed E-state index contributed by atoms with van der Waals surface area (Å²) in [5, 5.41) is 9.62. The second-order valence-corrected chi connectivity index (χ2v) is 5.21. The van der Waals surface area contributed by atoms with Crippen LogP contribution in [0.1, 0.15) is 56.8 Å². The Balaban J connectivity index is 1.93. The van der Waals surface area contributed by atoms with Crippen molar-refractivity contribution < 1.29 is 8.81 Å². The van der Waals surface area contributed by atoms with Crippen LogP contribution in [0.15, 0.2) is 22.6 Å². The van der Waals surface area contributed by atoms with Gasteiger partial charge >= 0.3 is 0 Å². The molecule has 0 aliphatic carbocycles. The summed E-state index contributed by atoms with van der Waals surface area (Å²) >= 11 is 0. The predicted molar refractivity (Wildman–Crippen MR) is 78.0 cm³/mol. The van der Waals surface area contributed by atoms with Gasteiger partial charge in [0.05, 0.1) is 5.56 Å². The van der Waals surface area contributed by atoms with E-state index in [1.807, 2.05) is 12.1 Å². The van der Waals surface area contributed by atoms with Crippen molar-refractivity contribution in [3.8, 4) is 6.07 Å². The first-order chi connectivity index (χ1) is 9.74. The normalized spacial score (nSPS) is 10.8. The molecule has 0 aliphatic rings. The summed E-state index contributed by atoms with van der Waals surface area (Å²) in [7, 11) is 0. The highest BCUT2D eigenvalue weighted by atomic mass is 19.1. The van der Waals surface area contributed by atoms with Crippen molar-refractivity contribution in [2.75, 3.05) is 0 Å². The first-order valence-electron chi connectivity index (χ1n) is 7.36. The first kappa shape index (κ1) is 14.6. The Morgan fingerprint density at radius 1 is 1.10 bits per heavy atom. The number of rotatable bonds is 7. The summed E-state index contributed by atoms with van der Waals surface area (Å²) in [5.74, 6) is 0.366. The lowest BCUT2D eigenvalue weighted by Crippen LogP contribution is -1.83. The summed E-state index contributed by atoms with van der Waals surface area (Å²) in [6, 6.07) is 6.63. The van der Waals surface area contributed by atoms with E-state index in [-0.39, 0.29) is 5.56 Å². The summed E-state index contributed by atoms with van der Waals surface area (Å²) in [6.07, 6.45) is 8.31. The van der Waals surface area contributed by atoms with E-state index in [0.29, 0.717) is 5.58 Å². The van der Waals surface area contributed by atoms with Gasteiger partial charge in [0.15, 0.2) is 0 Å². The zero-order chi connectivity index (χ0) is 14.4. The number of nitrogens with zero attached hydrogens (tertiary/aromatic N) is 1. The van der Waals surface area contributed by atoms with Gasteiger partial charge in [0.1, 0.15) is 23.2 Å². The van der Waals surface area contributed by atoms with E-state index in [2.05, 4.69) is 6.92 Å². The number of nitriles is 1. The number of aryl methyl sites for hydroxylation is 1. The second kappa shape index (κ2) is 7.09. The fraction of sp³-hybridized carbons (Fsp3) is 0.471. The number of halogens is 1. The minimum absolute atomic E-state index is 0.0735. The largest absolute Gasteiger partial charge is 0.461 e. The zero-order valence-electron chi connectivity index (χ0n) is 11.9. The smallest absolute Gasteiger partial charge is 0.144 e. The Bertz CT molecular complexity index is 609. The maximum absolute atomic E-state index is 13.5. The van der Waals surface area contributed by atoms with Gasteiger partial charge in [-0.1, -0.05) is 39.0 Å². The molecule has 0 spiro atoms. The molecule has 3 heteroatoms. The van der Waals surface area contributed by atoms with Crippen molar-refractivity contribution in [1.82, 2.24) is 0 Å². The molecule has 0 atom stereocenters. The van der Waals surface area contributed by atoms with Gasteiger partial charge in [-0.05, 0) is 18.6 Å². The fourth-order valence-electron chi connectivity index (χ4n) is 2.41. The average molecular weight is 273 g/mol. The van der Waals surface area contributed by atoms with E-state index in [0.717, 1.165) is 24.0 Å². The van der Waals surface area contributed by atoms with Crippen molar-refractivity contribution >= 4 is 11.0 Å². The highest BCUT2D eigenvalue weighted by Crippen LogP contribution is 2.24. The number of unbranched alkanes of at least 4 members (excludes halogenated alkanes) is 5. The van der Waals surface area contributed by atoms with E-state index in [1.54, 1.807) is 6.07 Å². The number of hydrogen-bond donors (Lipinski definition) is 0. The molecule has 0 aliphatic heterocycles. The maximum atomic E-state index is 13.5. The molecule has 0 amide bonds. The van der Waals surface area contributed by atoms with Crippen LogP contribution in [0.5, 0.6) is 0 Å². The minimum Gasteiger partial charge on any atom is -0.461 e. The van der Waals surface area contributed by atoms with Crippen LogP contribution < -0.4 is 0 Å². The highest BCUT2D eigenvalue weighted by Gasteiger charge is 2.09. The van der Waals surface area contributed by atoms with Crippen molar-refractivity contribution in [2.45, 2.75) is 51.9 Å². The van der Waals surface area contributed by atoms with Crippen LogP contribution in [0.2, 0.25) is 0 Å². The van der Waals surface area contributed by atoms with Crippen LogP contribution in [0.25, 0.3) is 11.0 Å². The highest BCUT2D eigenvalue weighted by molar-refractivity contribution is 5.79. The Hall–Kier alpha value is -1.82. The first-order valence-corrected chi connectivity index (χ1v) is 7.36. The molecule has 20 heavy (non-hydrogen) atoms. The summed E-state index contributed by atoms with van der Waals surface area (Å²) in [5.41, 5.74) is 0.604. The molecule has 2 aromatic rings. The molecule has 0 N–H and O–H groups in total. The molecule has 0 fully saturated rings. The monoisotopic (exact) mass is 273 g/mol. The Kier molecular flexibility index (Phi) is 5.17. The predicted octanol–water partition coefficient (Wildman–Crippen LogP) is 5.35. The fourth-order valence-corrected chi connectivity index (χ4v) is 2.41. The van der Waals surface area contributed by atoms with Crippen LogP contribution in [-0.2, 0) is 6.42 Å². The van der Waals surface area contributed by atoms with Crippen LogP contribution in [0, 0.1) is 17.1 Å². The third kappa shape index (κ3) is 3.60. The van der Waals surface area contributed by atoms with Crippen molar-refractivity contribution in [3.05, 3.63) is 35.3 Å². The van der Waals surface area contributed by atoms with Gasteiger partial charge in [0.2, 0.25) is 0 Å². The summed E-state index contributed by atoms with van der Waals surface area (Å²) in [6.45, 7) is 2.21. The van der Waals surface area contributed by atoms with Gasteiger partial charge in [0.25, 0.3) is 0 Å². The molecule has 0 unspecified atom stereocenters. The lowest BCUT2D eigenvalue weighted by molar-refractivity contribution is 0.519.